The topological polar surface area (TPSA) is 115 Å². The summed E-state index contributed by atoms with van der Waals surface area (Å²) >= 11 is 1.54. The molecule has 2 N–H and O–H groups in total. The molecule has 0 saturated carbocycles. The molecule has 1 saturated heterocycles. The molecule has 38 heavy (non-hydrogen) atoms. The Morgan fingerprint density at radius 1 is 1.16 bits per heavy atom. The van der Waals surface area contributed by atoms with Gasteiger partial charge in [0.05, 0.1) is 20.2 Å². The van der Waals surface area contributed by atoms with Gasteiger partial charge in [0.15, 0.2) is 0 Å². The smallest absolute Gasteiger partial charge is 0.348 e. The van der Waals surface area contributed by atoms with Crippen molar-refractivity contribution in [3.05, 3.63) is 59.7 Å². The van der Waals surface area contributed by atoms with Crippen LogP contribution in [0, 0.1) is 11.3 Å². The molecule has 0 aromatic heterocycles. The van der Waals surface area contributed by atoms with Crippen LogP contribution in [0.4, 0.5) is 0 Å². The monoisotopic (exact) mass is 537 g/mol. The third-order valence-electron chi connectivity index (χ3n) is 6.84. The van der Waals surface area contributed by atoms with E-state index in [2.05, 4.69) is 74.0 Å². The molecule has 202 valence electrons. The average Bonchev–Trinajstić information content (AvgIpc) is 2.96. The molecule has 1 heterocycles. The standard InChI is InChI=1S/C28H35N5O4S/c1-20(24-10-6-8-21-7-4-5-9-25(21)24)32-15-12-23(13-16-32)33(38-3)19-27(35)31-18-26(34)30-14-11-22(17-29)28(36)37-2/h4-11,20,23H,12-16,18-19H2,1-3H3,(H,30,34)(H,31,35)/b22-11+. The molecule has 1 aliphatic heterocycles. The van der Waals surface area contributed by atoms with Gasteiger partial charge in [0, 0.05) is 31.7 Å². The zero-order valence-corrected chi connectivity index (χ0v) is 22.9. The van der Waals surface area contributed by atoms with Crippen LogP contribution in [0.25, 0.3) is 10.8 Å². The van der Waals surface area contributed by atoms with Gasteiger partial charge in [-0.15, -0.1) is 0 Å². The Kier molecular flexibility index (Phi) is 11.1. The normalized spacial score (nSPS) is 15.6. The second-order valence-corrected chi connectivity index (χ2v) is 9.91. The van der Waals surface area contributed by atoms with Crippen LogP contribution >= 0.6 is 11.9 Å². The van der Waals surface area contributed by atoms with E-state index >= 15 is 0 Å². The van der Waals surface area contributed by atoms with Gasteiger partial charge >= 0.3 is 5.97 Å². The van der Waals surface area contributed by atoms with Gasteiger partial charge < -0.3 is 15.4 Å². The van der Waals surface area contributed by atoms with Crippen LogP contribution in [0.3, 0.4) is 0 Å². The summed E-state index contributed by atoms with van der Waals surface area (Å²) in [6.07, 6.45) is 5.15. The first-order valence-corrected chi connectivity index (χ1v) is 13.8. The summed E-state index contributed by atoms with van der Waals surface area (Å²) in [7, 11) is 1.18. The number of amides is 2. The second kappa shape index (κ2) is 14.5. The van der Waals surface area contributed by atoms with Crippen molar-refractivity contribution in [3.8, 4) is 6.07 Å². The second-order valence-electron chi connectivity index (χ2n) is 9.07. The number of carbonyl (C=O) groups excluding carboxylic acids is 3. The summed E-state index contributed by atoms with van der Waals surface area (Å²) in [4.78, 5) is 38.4. The maximum Gasteiger partial charge on any atom is 0.348 e. The summed E-state index contributed by atoms with van der Waals surface area (Å²) in [6.45, 7) is 4.15. The minimum absolute atomic E-state index is 0.0145. The quantitative estimate of drug-likeness (QED) is 0.195. The van der Waals surface area contributed by atoms with Crippen molar-refractivity contribution < 1.29 is 19.1 Å². The zero-order chi connectivity index (χ0) is 27.5. The lowest BCUT2D eigenvalue weighted by atomic mass is 9.96. The number of ether oxygens (including phenoxy) is 1. The number of nitriles is 1. The van der Waals surface area contributed by atoms with E-state index in [0.29, 0.717) is 6.04 Å². The fraction of sp³-hybridized carbons (Fsp3) is 0.429. The summed E-state index contributed by atoms with van der Waals surface area (Å²) in [5.74, 6) is -1.41. The van der Waals surface area contributed by atoms with Crippen LogP contribution < -0.4 is 10.6 Å². The number of nitrogens with zero attached hydrogens (tertiary/aromatic N) is 3. The molecule has 2 aromatic carbocycles. The van der Waals surface area contributed by atoms with Gasteiger partial charge in [-0.2, -0.15) is 5.26 Å². The highest BCUT2D eigenvalue weighted by Crippen LogP contribution is 2.31. The Labute approximate surface area is 228 Å². The Morgan fingerprint density at radius 2 is 1.87 bits per heavy atom. The number of methoxy groups -OCH3 is 1. The number of piperidine rings is 1. The van der Waals surface area contributed by atoms with Crippen LogP contribution in [-0.4, -0.2) is 79.1 Å². The van der Waals surface area contributed by atoms with Crippen LogP contribution in [0.15, 0.2) is 54.1 Å². The van der Waals surface area contributed by atoms with E-state index < -0.39 is 11.9 Å². The lowest BCUT2D eigenvalue weighted by molar-refractivity contribution is -0.135. The van der Waals surface area contributed by atoms with E-state index in [1.54, 1.807) is 18.0 Å². The first-order chi connectivity index (χ1) is 18.4. The number of hydrogen-bond acceptors (Lipinski definition) is 8. The highest BCUT2D eigenvalue weighted by atomic mass is 32.2. The Hall–Kier alpha value is -3.39. The lowest BCUT2D eigenvalue weighted by Gasteiger charge is -2.40. The van der Waals surface area contributed by atoms with Crippen LogP contribution in [-0.2, 0) is 19.1 Å². The summed E-state index contributed by atoms with van der Waals surface area (Å²) in [5.41, 5.74) is 1.15. The maximum atomic E-state index is 12.5. The largest absolute Gasteiger partial charge is 0.465 e. The number of fused-ring (bicyclic) bond motifs is 1. The van der Waals surface area contributed by atoms with E-state index in [4.69, 9.17) is 5.26 Å². The molecule has 0 bridgehead atoms. The maximum absolute atomic E-state index is 12.5. The van der Waals surface area contributed by atoms with Crippen molar-refractivity contribution in [3.63, 3.8) is 0 Å². The minimum Gasteiger partial charge on any atom is -0.465 e. The molecule has 2 aromatic rings. The van der Waals surface area contributed by atoms with Gasteiger partial charge in [0.1, 0.15) is 11.6 Å². The highest BCUT2D eigenvalue weighted by molar-refractivity contribution is 7.96. The van der Waals surface area contributed by atoms with Crippen LogP contribution in [0.5, 0.6) is 0 Å². The average molecular weight is 538 g/mol. The summed E-state index contributed by atoms with van der Waals surface area (Å²) in [6, 6.07) is 17.3. The molecular weight excluding hydrogens is 502 g/mol. The predicted molar refractivity (Wildman–Crippen MR) is 149 cm³/mol. The van der Waals surface area contributed by atoms with Crippen molar-refractivity contribution in [2.45, 2.75) is 31.8 Å². The number of hydrogen-bond donors (Lipinski definition) is 2. The van der Waals surface area contributed by atoms with Crippen molar-refractivity contribution >= 4 is 40.5 Å². The number of rotatable bonds is 11. The van der Waals surface area contributed by atoms with Crippen molar-refractivity contribution in [1.29, 1.82) is 5.26 Å². The molecule has 2 amide bonds. The minimum atomic E-state index is -0.763. The predicted octanol–water partition coefficient (Wildman–Crippen LogP) is 2.80. The number of likely N-dealkylation sites (tertiary alicyclic amines) is 1. The van der Waals surface area contributed by atoms with Crippen molar-refractivity contribution in [1.82, 2.24) is 19.8 Å². The van der Waals surface area contributed by atoms with E-state index in [1.165, 1.54) is 29.5 Å². The summed E-state index contributed by atoms with van der Waals surface area (Å²) in [5, 5.41) is 16.6. The molecule has 0 spiro atoms. The molecule has 0 aliphatic carbocycles. The molecule has 3 rings (SSSR count). The molecule has 1 aliphatic rings. The number of nitrogens with one attached hydrogen (secondary N) is 2. The summed E-state index contributed by atoms with van der Waals surface area (Å²) < 4.78 is 6.57. The lowest BCUT2D eigenvalue weighted by Crippen LogP contribution is -2.47. The highest BCUT2D eigenvalue weighted by Gasteiger charge is 2.28. The molecule has 1 fully saturated rings. The van der Waals surface area contributed by atoms with Crippen LogP contribution in [0.1, 0.15) is 31.4 Å². The number of esters is 1. The van der Waals surface area contributed by atoms with Gasteiger partial charge in [0.2, 0.25) is 11.8 Å². The van der Waals surface area contributed by atoms with Gasteiger partial charge in [0.25, 0.3) is 0 Å². The van der Waals surface area contributed by atoms with E-state index in [0.717, 1.165) is 25.9 Å². The number of carbonyl (C=O) groups is 3. The Bertz CT molecular complexity index is 1200. The van der Waals surface area contributed by atoms with Crippen LogP contribution in [0.2, 0.25) is 0 Å². The van der Waals surface area contributed by atoms with E-state index in [9.17, 15) is 14.4 Å². The molecule has 1 unspecified atom stereocenters. The van der Waals surface area contributed by atoms with E-state index in [-0.39, 0.29) is 37.2 Å². The van der Waals surface area contributed by atoms with E-state index in [1.807, 2.05) is 6.26 Å². The fourth-order valence-corrected chi connectivity index (χ4v) is 5.46. The van der Waals surface area contributed by atoms with Gasteiger partial charge in [-0.25, -0.2) is 9.10 Å². The third-order valence-corrected chi connectivity index (χ3v) is 7.74. The molecule has 9 nitrogen and oxygen atoms in total. The first kappa shape index (κ1) is 29.2. The van der Waals surface area contributed by atoms with Crippen molar-refractivity contribution in [2.75, 3.05) is 46.1 Å². The Morgan fingerprint density at radius 3 is 2.55 bits per heavy atom. The van der Waals surface area contributed by atoms with Gasteiger partial charge in [-0.3, -0.25) is 14.5 Å². The van der Waals surface area contributed by atoms with Crippen molar-refractivity contribution in [2.24, 2.45) is 0 Å². The molecular formula is C28H35N5O4S. The zero-order valence-electron chi connectivity index (χ0n) is 22.1. The third kappa shape index (κ3) is 7.81. The number of benzene rings is 2. The van der Waals surface area contributed by atoms with Gasteiger partial charge in [-0.05, 0) is 48.4 Å². The fourth-order valence-electron chi connectivity index (χ4n) is 4.71. The molecule has 0 radical (unpaired) electrons. The Balaban J connectivity index is 1.44. The van der Waals surface area contributed by atoms with Gasteiger partial charge in [-0.1, -0.05) is 54.4 Å². The molecule has 10 heteroatoms. The first-order valence-electron chi connectivity index (χ1n) is 12.6. The molecule has 1 atom stereocenters. The SMILES string of the molecule is COC(=O)/C(C#N)=C/CNC(=O)CNC(=O)CN(SC)C1CCN(C(C)c2cccc3ccccc23)CC1.